The maximum atomic E-state index is 15.1. The molecule has 0 radical (unpaired) electrons. The Hall–Kier alpha value is -2.18. The van der Waals surface area contributed by atoms with Crippen molar-refractivity contribution in [3.05, 3.63) is 68.7 Å². The van der Waals surface area contributed by atoms with Crippen molar-refractivity contribution in [2.45, 2.75) is 57.0 Å². The molecular formula is C24H24Cl2F2N2O2. The third-order valence-electron chi connectivity index (χ3n) is 6.48. The summed E-state index contributed by atoms with van der Waals surface area (Å²) in [6.45, 7) is 3.83. The van der Waals surface area contributed by atoms with Gasteiger partial charge in [0.15, 0.2) is 0 Å². The first kappa shape index (κ1) is 23.0. The van der Waals surface area contributed by atoms with Gasteiger partial charge in [0.1, 0.15) is 0 Å². The van der Waals surface area contributed by atoms with Crippen molar-refractivity contribution in [3.8, 4) is 0 Å². The average molecular weight is 481 g/mol. The number of fused-ring (bicyclic) bond motifs is 1. The molecule has 2 aromatic rings. The fraction of sp³-hybridized carbons (Fsp3) is 0.417. The summed E-state index contributed by atoms with van der Waals surface area (Å²) < 4.78 is 30.3. The topological polar surface area (TPSA) is 49.4 Å². The molecule has 2 aromatic carbocycles. The third-order valence-corrected chi connectivity index (χ3v) is 7.19. The van der Waals surface area contributed by atoms with Crippen LogP contribution in [0, 0.1) is 0 Å². The van der Waals surface area contributed by atoms with Gasteiger partial charge in [0.25, 0.3) is 5.91 Å². The van der Waals surface area contributed by atoms with Gasteiger partial charge >= 0.3 is 5.92 Å². The Kier molecular flexibility index (Phi) is 5.97. The molecule has 8 heteroatoms. The zero-order valence-corrected chi connectivity index (χ0v) is 19.4. The maximum Gasteiger partial charge on any atom is 0.350 e. The van der Waals surface area contributed by atoms with E-state index in [9.17, 15) is 9.59 Å². The predicted octanol–water partition coefficient (Wildman–Crippen LogP) is 5.44. The Morgan fingerprint density at radius 1 is 1.16 bits per heavy atom. The zero-order valence-electron chi connectivity index (χ0n) is 17.9. The van der Waals surface area contributed by atoms with Crippen molar-refractivity contribution >= 4 is 35.0 Å². The van der Waals surface area contributed by atoms with E-state index in [2.05, 4.69) is 5.32 Å². The third kappa shape index (κ3) is 4.23. The molecule has 4 rings (SSSR count). The molecule has 32 heavy (non-hydrogen) atoms. The monoisotopic (exact) mass is 480 g/mol. The molecule has 1 aliphatic heterocycles. The van der Waals surface area contributed by atoms with E-state index < -0.39 is 23.4 Å². The van der Waals surface area contributed by atoms with E-state index in [1.165, 1.54) is 12.1 Å². The van der Waals surface area contributed by atoms with E-state index in [0.717, 1.165) is 0 Å². The van der Waals surface area contributed by atoms with Gasteiger partial charge in [-0.1, -0.05) is 47.5 Å². The summed E-state index contributed by atoms with van der Waals surface area (Å²) in [5, 5.41) is 3.29. The van der Waals surface area contributed by atoms with E-state index in [1.54, 1.807) is 43.0 Å². The van der Waals surface area contributed by atoms with Crippen LogP contribution in [0.3, 0.4) is 0 Å². The van der Waals surface area contributed by atoms with Crippen molar-refractivity contribution in [3.63, 3.8) is 0 Å². The lowest BCUT2D eigenvalue weighted by atomic mass is 9.87. The molecule has 0 saturated heterocycles. The number of nitrogens with zero attached hydrogens (tertiary/aromatic N) is 1. The number of halogens is 4. The van der Waals surface area contributed by atoms with Gasteiger partial charge in [-0.15, -0.1) is 0 Å². The van der Waals surface area contributed by atoms with Crippen LogP contribution in [-0.2, 0) is 28.4 Å². The number of hydrogen-bond acceptors (Lipinski definition) is 2. The van der Waals surface area contributed by atoms with Gasteiger partial charge in [0.05, 0.1) is 12.5 Å². The van der Waals surface area contributed by atoms with Gasteiger partial charge in [-0.3, -0.25) is 9.59 Å². The number of amides is 2. The predicted molar refractivity (Wildman–Crippen MR) is 120 cm³/mol. The van der Waals surface area contributed by atoms with Crippen LogP contribution in [0.4, 0.5) is 8.78 Å². The standard InChI is InChI=1S/C24H24Cl2F2N2O2/c1-14-15-5-3-6-18(24(27,28)22(32)29-23(2)10-11-23)16(15)9-12-30(14)21(31)13-17-19(25)7-4-8-20(17)26/h3-8,14H,9-13H2,1-2H3,(H,29,32). The maximum absolute atomic E-state index is 15.1. The SMILES string of the molecule is CC1c2cccc(C(F)(F)C(=O)NC3(C)CC3)c2CCN1C(=O)Cc1c(Cl)cccc1Cl. The van der Waals surface area contributed by atoms with Gasteiger partial charge in [-0.2, -0.15) is 8.78 Å². The Bertz CT molecular complexity index is 1070. The van der Waals surface area contributed by atoms with E-state index in [-0.39, 0.29) is 30.9 Å². The van der Waals surface area contributed by atoms with Crippen LogP contribution >= 0.6 is 23.2 Å². The van der Waals surface area contributed by atoms with Crippen molar-refractivity contribution in [2.75, 3.05) is 6.54 Å². The summed E-state index contributed by atoms with van der Waals surface area (Å²) in [5.41, 5.74) is 0.777. The molecule has 1 aliphatic carbocycles. The highest BCUT2D eigenvalue weighted by atomic mass is 35.5. The molecule has 1 heterocycles. The minimum Gasteiger partial charge on any atom is -0.345 e. The molecule has 1 fully saturated rings. The second kappa shape index (κ2) is 8.31. The largest absolute Gasteiger partial charge is 0.350 e. The first-order valence-electron chi connectivity index (χ1n) is 10.6. The van der Waals surface area contributed by atoms with Gasteiger partial charge in [0, 0.05) is 27.7 Å². The molecule has 0 bridgehead atoms. The number of rotatable bonds is 5. The lowest BCUT2D eigenvalue weighted by Crippen LogP contribution is -2.45. The average Bonchev–Trinajstić information content (AvgIpc) is 3.47. The number of nitrogens with one attached hydrogen (secondary N) is 1. The summed E-state index contributed by atoms with van der Waals surface area (Å²) >= 11 is 12.4. The number of carbonyl (C=O) groups excluding carboxylic acids is 2. The van der Waals surface area contributed by atoms with Crippen molar-refractivity contribution in [1.82, 2.24) is 10.2 Å². The molecule has 4 nitrogen and oxygen atoms in total. The second-order valence-electron chi connectivity index (χ2n) is 8.85. The van der Waals surface area contributed by atoms with Crippen molar-refractivity contribution in [1.29, 1.82) is 0 Å². The highest BCUT2D eigenvalue weighted by Gasteiger charge is 2.49. The molecule has 1 N–H and O–H groups in total. The Labute approximate surface area is 195 Å². The minimum atomic E-state index is -3.64. The lowest BCUT2D eigenvalue weighted by Gasteiger charge is -2.37. The smallest absolute Gasteiger partial charge is 0.345 e. The van der Waals surface area contributed by atoms with E-state index in [4.69, 9.17) is 23.2 Å². The number of hydrogen-bond donors (Lipinski definition) is 1. The van der Waals surface area contributed by atoms with Crippen LogP contribution in [0.15, 0.2) is 36.4 Å². The van der Waals surface area contributed by atoms with Crippen LogP contribution in [-0.4, -0.2) is 28.8 Å². The summed E-state index contributed by atoms with van der Waals surface area (Å²) in [4.78, 5) is 27.1. The summed E-state index contributed by atoms with van der Waals surface area (Å²) in [6.07, 6.45) is 1.66. The second-order valence-corrected chi connectivity index (χ2v) is 9.67. The summed E-state index contributed by atoms with van der Waals surface area (Å²) in [7, 11) is 0. The fourth-order valence-corrected chi connectivity index (χ4v) is 4.78. The van der Waals surface area contributed by atoms with Crippen LogP contribution in [0.5, 0.6) is 0 Å². The lowest BCUT2D eigenvalue weighted by molar-refractivity contribution is -0.148. The Morgan fingerprint density at radius 3 is 2.41 bits per heavy atom. The van der Waals surface area contributed by atoms with Gasteiger partial charge < -0.3 is 10.2 Å². The molecule has 1 atom stereocenters. The number of carbonyl (C=O) groups is 2. The van der Waals surface area contributed by atoms with Gasteiger partial charge in [-0.05, 0) is 61.9 Å². The highest BCUT2D eigenvalue weighted by Crippen LogP contribution is 2.41. The Balaban J connectivity index is 1.58. The summed E-state index contributed by atoms with van der Waals surface area (Å²) in [5.74, 6) is -5.10. The van der Waals surface area contributed by atoms with Crippen LogP contribution in [0.2, 0.25) is 10.0 Å². The minimum absolute atomic E-state index is 0.0228. The van der Waals surface area contributed by atoms with E-state index >= 15 is 8.78 Å². The van der Waals surface area contributed by atoms with Crippen molar-refractivity contribution in [2.24, 2.45) is 0 Å². The first-order chi connectivity index (χ1) is 15.0. The molecule has 2 aliphatic rings. The molecular weight excluding hydrogens is 457 g/mol. The Morgan fingerprint density at radius 2 is 1.78 bits per heavy atom. The summed E-state index contributed by atoms with van der Waals surface area (Å²) in [6, 6.07) is 9.19. The van der Waals surface area contributed by atoms with Crippen molar-refractivity contribution < 1.29 is 18.4 Å². The van der Waals surface area contributed by atoms with Gasteiger partial charge in [-0.25, -0.2) is 0 Å². The quantitative estimate of drug-likeness (QED) is 0.618. The highest BCUT2D eigenvalue weighted by molar-refractivity contribution is 6.36. The number of benzene rings is 2. The number of alkyl halides is 2. The first-order valence-corrected chi connectivity index (χ1v) is 11.3. The fourth-order valence-electron chi connectivity index (χ4n) is 4.25. The van der Waals surface area contributed by atoms with Gasteiger partial charge in [0.2, 0.25) is 5.91 Å². The molecule has 1 saturated carbocycles. The van der Waals surface area contributed by atoms with Crippen LogP contribution in [0.25, 0.3) is 0 Å². The molecule has 2 amide bonds. The molecule has 0 spiro atoms. The van der Waals surface area contributed by atoms with E-state index in [1.807, 2.05) is 0 Å². The zero-order chi connectivity index (χ0) is 23.3. The molecule has 0 aromatic heterocycles. The molecule has 1 unspecified atom stereocenters. The van der Waals surface area contributed by atoms with Crippen LogP contribution in [0.1, 0.15) is 55.0 Å². The van der Waals surface area contributed by atoms with E-state index in [0.29, 0.717) is 39.6 Å². The van der Waals surface area contributed by atoms with Crippen LogP contribution < -0.4 is 5.32 Å². The molecule has 170 valence electrons. The normalized spacial score (nSPS) is 19.3.